The van der Waals surface area contributed by atoms with Crippen LogP contribution in [0.3, 0.4) is 0 Å². The highest BCUT2D eigenvalue weighted by Crippen LogP contribution is 2.20. The first-order valence-corrected chi connectivity index (χ1v) is 6.66. The van der Waals surface area contributed by atoms with E-state index in [1.165, 1.54) is 5.56 Å². The first-order chi connectivity index (χ1) is 8.67. The summed E-state index contributed by atoms with van der Waals surface area (Å²) in [4.78, 5) is 0. The van der Waals surface area contributed by atoms with Gasteiger partial charge in [0.15, 0.2) is 0 Å². The Balaban J connectivity index is 2.57. The molecule has 18 heavy (non-hydrogen) atoms. The van der Waals surface area contributed by atoms with Crippen LogP contribution >= 0.6 is 0 Å². The predicted octanol–water partition coefficient (Wildman–Crippen LogP) is 3.16. The van der Waals surface area contributed by atoms with Gasteiger partial charge in [-0.1, -0.05) is 19.1 Å². The van der Waals surface area contributed by atoms with E-state index in [-0.39, 0.29) is 6.10 Å². The number of nitrogens with one attached hydrogen (secondary N) is 1. The molecule has 3 nitrogen and oxygen atoms in total. The van der Waals surface area contributed by atoms with Gasteiger partial charge in [-0.05, 0) is 38.0 Å². The highest BCUT2D eigenvalue weighted by atomic mass is 16.5. The summed E-state index contributed by atoms with van der Waals surface area (Å²) in [6.45, 7) is 7.95. The molecule has 0 unspecified atom stereocenters. The van der Waals surface area contributed by atoms with E-state index in [9.17, 15) is 0 Å². The lowest BCUT2D eigenvalue weighted by Gasteiger charge is -2.17. The number of ether oxygens (including phenoxy) is 2. The molecule has 1 aromatic rings. The van der Waals surface area contributed by atoms with E-state index >= 15 is 0 Å². The minimum atomic E-state index is 0.261. The molecule has 0 amide bonds. The van der Waals surface area contributed by atoms with Gasteiger partial charge >= 0.3 is 0 Å². The maximum Gasteiger partial charge on any atom is 0.120 e. The molecule has 0 saturated carbocycles. The van der Waals surface area contributed by atoms with Crippen LogP contribution in [-0.4, -0.2) is 26.4 Å². The summed E-state index contributed by atoms with van der Waals surface area (Å²) in [6.07, 6.45) is 1.28. The first kappa shape index (κ1) is 15.0. The Hall–Kier alpha value is -1.06. The Bertz CT molecular complexity index is 341. The highest BCUT2D eigenvalue weighted by molar-refractivity contribution is 5.30. The topological polar surface area (TPSA) is 30.5 Å². The zero-order chi connectivity index (χ0) is 13.4. The first-order valence-electron chi connectivity index (χ1n) is 6.66. The van der Waals surface area contributed by atoms with Crippen molar-refractivity contribution in [1.82, 2.24) is 5.32 Å². The van der Waals surface area contributed by atoms with Crippen molar-refractivity contribution in [3.8, 4) is 5.75 Å². The van der Waals surface area contributed by atoms with Crippen LogP contribution in [0.15, 0.2) is 24.3 Å². The average molecular weight is 251 g/mol. The fourth-order valence-electron chi connectivity index (χ4n) is 1.67. The molecule has 1 N–H and O–H groups in total. The van der Waals surface area contributed by atoms with Crippen molar-refractivity contribution in [2.24, 2.45) is 0 Å². The van der Waals surface area contributed by atoms with Crippen molar-refractivity contribution in [3.63, 3.8) is 0 Å². The quantitative estimate of drug-likeness (QED) is 0.720. The number of methoxy groups -OCH3 is 1. The molecule has 0 saturated heterocycles. The van der Waals surface area contributed by atoms with E-state index in [1.807, 2.05) is 12.1 Å². The molecule has 0 spiro atoms. The summed E-state index contributed by atoms with van der Waals surface area (Å²) >= 11 is 0. The second-order valence-electron chi connectivity index (χ2n) is 4.58. The van der Waals surface area contributed by atoms with E-state index in [1.54, 1.807) is 7.11 Å². The molecule has 3 heteroatoms. The molecule has 0 aliphatic rings. The number of rotatable bonds is 8. The van der Waals surface area contributed by atoms with Gasteiger partial charge in [0.1, 0.15) is 5.75 Å². The zero-order valence-corrected chi connectivity index (χ0v) is 11.9. The van der Waals surface area contributed by atoms with Gasteiger partial charge in [0, 0.05) is 19.7 Å². The van der Waals surface area contributed by atoms with E-state index in [0.717, 1.165) is 25.3 Å². The molecule has 0 bridgehead atoms. The number of benzene rings is 1. The molecule has 0 fully saturated rings. The molecule has 0 aliphatic heterocycles. The molecular weight excluding hydrogens is 226 g/mol. The van der Waals surface area contributed by atoms with Crippen molar-refractivity contribution in [1.29, 1.82) is 0 Å². The lowest BCUT2D eigenvalue weighted by Crippen LogP contribution is -2.22. The van der Waals surface area contributed by atoms with Crippen molar-refractivity contribution >= 4 is 0 Å². The summed E-state index contributed by atoms with van der Waals surface area (Å²) in [6, 6.07) is 8.59. The van der Waals surface area contributed by atoms with Crippen molar-refractivity contribution in [2.75, 3.05) is 20.3 Å². The van der Waals surface area contributed by atoms with E-state index < -0.39 is 0 Å². The van der Waals surface area contributed by atoms with Crippen LogP contribution in [-0.2, 0) is 4.74 Å². The second kappa shape index (κ2) is 8.11. The molecule has 1 aromatic carbocycles. The third-order valence-electron chi connectivity index (χ3n) is 3.03. The minimum Gasteiger partial charge on any atom is -0.491 e. The molecule has 0 aliphatic carbocycles. The van der Waals surface area contributed by atoms with Crippen LogP contribution < -0.4 is 10.1 Å². The molecule has 0 heterocycles. The van der Waals surface area contributed by atoms with Gasteiger partial charge in [0.25, 0.3) is 0 Å². The number of hydrogen-bond donors (Lipinski definition) is 1. The molecule has 0 aromatic heterocycles. The summed E-state index contributed by atoms with van der Waals surface area (Å²) in [5, 5.41) is 3.41. The number of hydrogen-bond acceptors (Lipinski definition) is 3. The van der Waals surface area contributed by atoms with Gasteiger partial charge < -0.3 is 14.8 Å². The lowest BCUT2D eigenvalue weighted by molar-refractivity contribution is 0.196. The molecular formula is C15H25NO2. The standard InChI is InChI=1S/C15H25NO2/c1-5-12(2)18-15-8-6-7-14(11-15)13(3)16-9-10-17-4/h6-8,11-13,16H,5,9-10H2,1-4H3/t12-,13-/m0/s1. The van der Waals surface area contributed by atoms with Crippen LogP contribution in [0, 0.1) is 0 Å². The van der Waals surface area contributed by atoms with Crippen molar-refractivity contribution < 1.29 is 9.47 Å². The van der Waals surface area contributed by atoms with Crippen LogP contribution in [0.1, 0.15) is 38.8 Å². The van der Waals surface area contributed by atoms with Gasteiger partial charge in [0.05, 0.1) is 12.7 Å². The van der Waals surface area contributed by atoms with Crippen LogP contribution in [0.5, 0.6) is 5.75 Å². The fraction of sp³-hybridized carbons (Fsp3) is 0.600. The summed E-state index contributed by atoms with van der Waals surface area (Å²) in [5.74, 6) is 0.947. The van der Waals surface area contributed by atoms with Crippen molar-refractivity contribution in [3.05, 3.63) is 29.8 Å². The summed E-state index contributed by atoms with van der Waals surface area (Å²) in [7, 11) is 1.72. The molecule has 2 atom stereocenters. The smallest absolute Gasteiger partial charge is 0.120 e. The van der Waals surface area contributed by atoms with E-state index in [2.05, 4.69) is 38.2 Å². The largest absolute Gasteiger partial charge is 0.491 e. The van der Waals surface area contributed by atoms with Crippen LogP contribution in [0.2, 0.25) is 0 Å². The van der Waals surface area contributed by atoms with Gasteiger partial charge in [-0.2, -0.15) is 0 Å². The summed E-state index contributed by atoms with van der Waals surface area (Å²) in [5.41, 5.74) is 1.24. The lowest BCUT2D eigenvalue weighted by atomic mass is 10.1. The maximum atomic E-state index is 5.83. The Morgan fingerprint density at radius 1 is 1.28 bits per heavy atom. The third kappa shape index (κ3) is 5.07. The predicted molar refractivity (Wildman–Crippen MR) is 75.1 cm³/mol. The van der Waals surface area contributed by atoms with Gasteiger partial charge in [-0.3, -0.25) is 0 Å². The molecule has 102 valence electrons. The summed E-state index contributed by atoms with van der Waals surface area (Å²) < 4.78 is 10.9. The van der Waals surface area contributed by atoms with Crippen molar-refractivity contribution in [2.45, 2.75) is 39.3 Å². The minimum absolute atomic E-state index is 0.261. The van der Waals surface area contributed by atoms with E-state index in [0.29, 0.717) is 6.04 Å². The maximum absolute atomic E-state index is 5.83. The van der Waals surface area contributed by atoms with E-state index in [4.69, 9.17) is 9.47 Å². The van der Waals surface area contributed by atoms with Gasteiger partial charge in [-0.25, -0.2) is 0 Å². The Labute approximate surface area is 110 Å². The Morgan fingerprint density at radius 3 is 2.72 bits per heavy atom. The molecule has 0 radical (unpaired) electrons. The second-order valence-corrected chi connectivity index (χ2v) is 4.58. The van der Waals surface area contributed by atoms with Gasteiger partial charge in [-0.15, -0.1) is 0 Å². The van der Waals surface area contributed by atoms with Crippen LogP contribution in [0.4, 0.5) is 0 Å². The van der Waals surface area contributed by atoms with Gasteiger partial charge in [0.2, 0.25) is 0 Å². The Kier molecular flexibility index (Phi) is 6.76. The third-order valence-corrected chi connectivity index (χ3v) is 3.03. The zero-order valence-electron chi connectivity index (χ0n) is 11.9. The Morgan fingerprint density at radius 2 is 2.06 bits per heavy atom. The molecule has 1 rings (SSSR count). The fourth-order valence-corrected chi connectivity index (χ4v) is 1.67. The monoisotopic (exact) mass is 251 g/mol. The highest BCUT2D eigenvalue weighted by Gasteiger charge is 2.07. The van der Waals surface area contributed by atoms with Crippen LogP contribution in [0.25, 0.3) is 0 Å². The normalized spacial score (nSPS) is 14.2. The SMILES string of the molecule is CC[C@H](C)Oc1cccc([C@H](C)NCCOC)c1. The average Bonchev–Trinajstić information content (AvgIpc) is 2.39.